The molecular formula is C13H8Br2ClNO2. The van der Waals surface area contributed by atoms with Crippen molar-refractivity contribution in [2.45, 2.75) is 0 Å². The van der Waals surface area contributed by atoms with Gasteiger partial charge in [-0.3, -0.25) is 4.79 Å². The van der Waals surface area contributed by atoms with Crippen molar-refractivity contribution in [1.29, 1.82) is 0 Å². The van der Waals surface area contributed by atoms with E-state index in [1.54, 1.807) is 18.2 Å². The smallest absolute Gasteiger partial charge is 0.255 e. The summed E-state index contributed by atoms with van der Waals surface area (Å²) >= 11 is 12.6. The maximum Gasteiger partial charge on any atom is 0.255 e. The molecule has 0 fully saturated rings. The zero-order valence-electron chi connectivity index (χ0n) is 9.45. The van der Waals surface area contributed by atoms with Crippen LogP contribution in [-0.4, -0.2) is 11.0 Å². The molecule has 0 spiro atoms. The Labute approximate surface area is 131 Å². The van der Waals surface area contributed by atoms with Crippen LogP contribution in [0.4, 0.5) is 5.69 Å². The maximum absolute atomic E-state index is 12.1. The van der Waals surface area contributed by atoms with Crippen LogP contribution in [0.1, 0.15) is 10.4 Å². The molecule has 1 amide bonds. The number of carbonyl (C=O) groups is 1. The van der Waals surface area contributed by atoms with E-state index in [2.05, 4.69) is 37.2 Å². The molecule has 3 nitrogen and oxygen atoms in total. The molecule has 0 radical (unpaired) electrons. The van der Waals surface area contributed by atoms with Gasteiger partial charge < -0.3 is 10.4 Å². The summed E-state index contributed by atoms with van der Waals surface area (Å²) in [6, 6.07) is 9.61. The molecule has 0 aromatic heterocycles. The number of benzene rings is 2. The van der Waals surface area contributed by atoms with Gasteiger partial charge in [0.05, 0.1) is 10.7 Å². The molecule has 6 heteroatoms. The van der Waals surface area contributed by atoms with E-state index in [0.29, 0.717) is 11.3 Å². The average molecular weight is 405 g/mol. The first-order valence-electron chi connectivity index (χ1n) is 5.21. The van der Waals surface area contributed by atoms with Gasteiger partial charge in [0.2, 0.25) is 0 Å². The van der Waals surface area contributed by atoms with Crippen molar-refractivity contribution in [1.82, 2.24) is 0 Å². The lowest BCUT2D eigenvalue weighted by Crippen LogP contribution is -2.12. The molecule has 0 heterocycles. The summed E-state index contributed by atoms with van der Waals surface area (Å²) in [5, 5.41) is 12.2. The fourth-order valence-electron chi connectivity index (χ4n) is 1.48. The van der Waals surface area contributed by atoms with Gasteiger partial charge in [-0.05, 0) is 30.3 Å². The van der Waals surface area contributed by atoms with Gasteiger partial charge in [-0.2, -0.15) is 0 Å². The van der Waals surface area contributed by atoms with Crippen molar-refractivity contribution >= 4 is 55.1 Å². The Bertz CT molecular complexity index is 626. The fraction of sp³-hybridized carbons (Fsp3) is 0. The topological polar surface area (TPSA) is 49.3 Å². The number of carbonyl (C=O) groups excluding carboxylic acids is 1. The Balaban J connectivity index is 2.25. The Morgan fingerprint density at radius 1 is 1.11 bits per heavy atom. The quantitative estimate of drug-likeness (QED) is 0.704. The predicted octanol–water partition coefficient (Wildman–Crippen LogP) is 4.82. The monoisotopic (exact) mass is 403 g/mol. The fourth-order valence-corrected chi connectivity index (χ4v) is 3.00. The summed E-state index contributed by atoms with van der Waals surface area (Å²) in [5.41, 5.74) is 0.936. The number of halogens is 3. The molecule has 0 unspecified atom stereocenters. The third-order valence-corrected chi connectivity index (χ3v) is 3.55. The maximum atomic E-state index is 12.1. The second kappa shape index (κ2) is 5.94. The number of anilines is 1. The second-order valence-electron chi connectivity index (χ2n) is 3.78. The third-order valence-electron chi connectivity index (χ3n) is 2.33. The molecule has 2 aromatic rings. The van der Waals surface area contributed by atoms with Crippen LogP contribution in [0.2, 0.25) is 5.02 Å². The zero-order chi connectivity index (χ0) is 14.0. The average Bonchev–Trinajstić information content (AvgIpc) is 2.31. The minimum absolute atomic E-state index is 0.0493. The van der Waals surface area contributed by atoms with Crippen LogP contribution < -0.4 is 5.32 Å². The van der Waals surface area contributed by atoms with Gasteiger partial charge in [0.25, 0.3) is 5.91 Å². The normalized spacial score (nSPS) is 10.3. The van der Waals surface area contributed by atoms with Gasteiger partial charge in [-0.15, -0.1) is 0 Å². The van der Waals surface area contributed by atoms with E-state index in [1.807, 2.05) is 6.07 Å². The van der Waals surface area contributed by atoms with Crippen LogP contribution in [0.25, 0.3) is 0 Å². The highest BCUT2D eigenvalue weighted by atomic mass is 79.9. The molecular weight excluding hydrogens is 397 g/mol. The van der Waals surface area contributed by atoms with E-state index in [1.165, 1.54) is 12.1 Å². The van der Waals surface area contributed by atoms with E-state index in [4.69, 9.17) is 11.6 Å². The second-order valence-corrected chi connectivity index (χ2v) is 6.01. The largest absolute Gasteiger partial charge is 0.508 e. The van der Waals surface area contributed by atoms with Crippen LogP contribution in [0.5, 0.6) is 5.75 Å². The number of amides is 1. The van der Waals surface area contributed by atoms with E-state index >= 15 is 0 Å². The number of nitrogens with one attached hydrogen (secondary N) is 1. The van der Waals surface area contributed by atoms with Gasteiger partial charge in [0, 0.05) is 20.6 Å². The molecule has 0 aliphatic rings. The number of phenolic OH excluding ortho intramolecular Hbond substituents is 1. The molecule has 2 rings (SSSR count). The lowest BCUT2D eigenvalue weighted by atomic mass is 10.2. The third kappa shape index (κ3) is 3.72. The summed E-state index contributed by atoms with van der Waals surface area (Å²) in [5.74, 6) is -0.234. The number of hydrogen-bond acceptors (Lipinski definition) is 2. The molecule has 0 aliphatic carbocycles. The summed E-state index contributed by atoms with van der Waals surface area (Å²) in [6.45, 7) is 0. The van der Waals surface area contributed by atoms with Gasteiger partial charge in [0.15, 0.2) is 0 Å². The SMILES string of the molecule is O=C(Nc1ccc(O)cc1Cl)c1cc(Br)cc(Br)c1. The van der Waals surface area contributed by atoms with Gasteiger partial charge in [0.1, 0.15) is 5.75 Å². The summed E-state index contributed by atoms with van der Waals surface area (Å²) < 4.78 is 1.59. The lowest BCUT2D eigenvalue weighted by Gasteiger charge is -2.08. The molecule has 19 heavy (non-hydrogen) atoms. The molecule has 0 bridgehead atoms. The van der Waals surface area contributed by atoms with Crippen molar-refractivity contribution in [2.75, 3.05) is 5.32 Å². The van der Waals surface area contributed by atoms with Crippen LogP contribution in [-0.2, 0) is 0 Å². The highest BCUT2D eigenvalue weighted by Crippen LogP contribution is 2.27. The molecule has 0 atom stereocenters. The van der Waals surface area contributed by atoms with Crippen molar-refractivity contribution in [2.24, 2.45) is 0 Å². The molecule has 2 N–H and O–H groups in total. The number of rotatable bonds is 2. The van der Waals surface area contributed by atoms with Crippen molar-refractivity contribution in [3.63, 3.8) is 0 Å². The zero-order valence-corrected chi connectivity index (χ0v) is 13.4. The summed E-state index contributed by atoms with van der Waals surface area (Å²) in [4.78, 5) is 12.1. The highest BCUT2D eigenvalue weighted by molar-refractivity contribution is 9.11. The molecule has 98 valence electrons. The van der Waals surface area contributed by atoms with Crippen LogP contribution in [0.3, 0.4) is 0 Å². The number of phenols is 1. The van der Waals surface area contributed by atoms with Crippen LogP contribution in [0.15, 0.2) is 45.3 Å². The molecule has 0 aliphatic heterocycles. The van der Waals surface area contributed by atoms with E-state index in [-0.39, 0.29) is 16.7 Å². The Morgan fingerprint density at radius 2 is 1.74 bits per heavy atom. The summed E-state index contributed by atoms with van der Waals surface area (Å²) in [6.07, 6.45) is 0. The van der Waals surface area contributed by atoms with Crippen molar-refractivity contribution in [3.8, 4) is 5.75 Å². The first kappa shape index (κ1) is 14.4. The molecule has 2 aromatic carbocycles. The van der Waals surface area contributed by atoms with E-state index in [9.17, 15) is 9.90 Å². The van der Waals surface area contributed by atoms with Crippen molar-refractivity contribution in [3.05, 3.63) is 55.9 Å². The predicted molar refractivity (Wildman–Crippen MR) is 82.9 cm³/mol. The molecule has 0 saturated heterocycles. The van der Waals surface area contributed by atoms with Gasteiger partial charge in [-0.25, -0.2) is 0 Å². The minimum Gasteiger partial charge on any atom is -0.508 e. The number of hydrogen-bond donors (Lipinski definition) is 2. The minimum atomic E-state index is -0.283. The lowest BCUT2D eigenvalue weighted by molar-refractivity contribution is 0.102. The Hall–Kier alpha value is -1.04. The standard InChI is InChI=1S/C13H8Br2ClNO2/c14-8-3-7(4-9(15)5-8)13(19)17-12-2-1-10(18)6-11(12)16/h1-6,18H,(H,17,19). The van der Waals surface area contributed by atoms with E-state index in [0.717, 1.165) is 8.95 Å². The Kier molecular flexibility index (Phi) is 4.50. The summed E-state index contributed by atoms with van der Waals surface area (Å²) in [7, 11) is 0. The first-order chi connectivity index (χ1) is 8.95. The Morgan fingerprint density at radius 3 is 2.32 bits per heavy atom. The van der Waals surface area contributed by atoms with Crippen LogP contribution in [0, 0.1) is 0 Å². The van der Waals surface area contributed by atoms with Gasteiger partial charge in [-0.1, -0.05) is 43.5 Å². The van der Waals surface area contributed by atoms with Crippen molar-refractivity contribution < 1.29 is 9.90 Å². The highest BCUT2D eigenvalue weighted by Gasteiger charge is 2.10. The number of aromatic hydroxyl groups is 1. The van der Waals surface area contributed by atoms with E-state index < -0.39 is 0 Å². The molecule has 0 saturated carbocycles. The van der Waals surface area contributed by atoms with Crippen LogP contribution >= 0.6 is 43.5 Å². The first-order valence-corrected chi connectivity index (χ1v) is 7.18. The van der Waals surface area contributed by atoms with Gasteiger partial charge >= 0.3 is 0 Å².